The third-order valence-electron chi connectivity index (χ3n) is 4.38. The molecule has 0 radical (unpaired) electrons. The molecule has 0 unspecified atom stereocenters. The van der Waals surface area contributed by atoms with E-state index in [9.17, 15) is 14.0 Å². The molecule has 0 saturated carbocycles. The van der Waals surface area contributed by atoms with Crippen LogP contribution >= 0.6 is 11.8 Å². The summed E-state index contributed by atoms with van der Waals surface area (Å²) in [6.07, 6.45) is 0. The Morgan fingerprint density at radius 1 is 1.21 bits per heavy atom. The highest BCUT2D eigenvalue weighted by atomic mass is 32.2. The third kappa shape index (κ3) is 3.13. The van der Waals surface area contributed by atoms with E-state index in [1.807, 2.05) is 12.1 Å². The predicted molar refractivity (Wildman–Crippen MR) is 106 cm³/mol. The maximum atomic E-state index is 13.6. The van der Waals surface area contributed by atoms with Crippen LogP contribution in [-0.2, 0) is 11.8 Å². The van der Waals surface area contributed by atoms with E-state index in [-0.39, 0.29) is 23.0 Å². The Morgan fingerprint density at radius 2 is 2.00 bits per heavy atom. The summed E-state index contributed by atoms with van der Waals surface area (Å²) in [5, 5.41) is 11.9. The van der Waals surface area contributed by atoms with Crippen LogP contribution in [0.1, 0.15) is 5.56 Å². The Labute approximate surface area is 163 Å². The molecule has 0 fully saturated rings. The first-order chi connectivity index (χ1) is 13.5. The molecule has 2 heterocycles. The van der Waals surface area contributed by atoms with E-state index in [2.05, 4.69) is 15.5 Å². The van der Waals surface area contributed by atoms with Crippen molar-refractivity contribution in [1.29, 1.82) is 0 Å². The van der Waals surface area contributed by atoms with Crippen LogP contribution in [0.15, 0.2) is 52.4 Å². The first kappa shape index (κ1) is 18.2. The van der Waals surface area contributed by atoms with Crippen molar-refractivity contribution in [2.24, 2.45) is 7.05 Å². The highest BCUT2D eigenvalue weighted by Gasteiger charge is 2.16. The van der Waals surface area contributed by atoms with Crippen LogP contribution in [-0.4, -0.2) is 30.8 Å². The SMILES string of the molecule is Cc1ccc(NC(=O)CSc2nnc3n(C)c(=O)c4ccccc4n23)cc1F. The fourth-order valence-corrected chi connectivity index (χ4v) is 3.64. The molecule has 4 rings (SSSR count). The number of thioether (sulfide) groups is 1. The van der Waals surface area contributed by atoms with Crippen LogP contribution < -0.4 is 10.9 Å². The van der Waals surface area contributed by atoms with Gasteiger partial charge in [-0.15, -0.1) is 10.2 Å². The van der Waals surface area contributed by atoms with E-state index < -0.39 is 0 Å². The second kappa shape index (κ2) is 7.08. The zero-order valence-corrected chi connectivity index (χ0v) is 16.0. The number of fused-ring (bicyclic) bond motifs is 3. The number of nitrogens with one attached hydrogen (secondary N) is 1. The fraction of sp³-hybridized carbons (Fsp3) is 0.158. The molecule has 7 nitrogen and oxygen atoms in total. The predicted octanol–water partition coefficient (Wildman–Crippen LogP) is 2.76. The van der Waals surface area contributed by atoms with Crippen LogP contribution in [0.5, 0.6) is 0 Å². The first-order valence-electron chi connectivity index (χ1n) is 8.47. The lowest BCUT2D eigenvalue weighted by atomic mass is 10.2. The number of benzene rings is 2. The molecule has 2 aromatic heterocycles. The summed E-state index contributed by atoms with van der Waals surface area (Å²) in [5.74, 6) is -0.208. The van der Waals surface area contributed by atoms with Gasteiger partial charge in [-0.05, 0) is 36.8 Å². The number of halogens is 1. The van der Waals surface area contributed by atoms with E-state index >= 15 is 0 Å². The summed E-state index contributed by atoms with van der Waals surface area (Å²) >= 11 is 1.19. The normalized spacial score (nSPS) is 11.2. The van der Waals surface area contributed by atoms with E-state index in [0.29, 0.717) is 33.1 Å². The van der Waals surface area contributed by atoms with Gasteiger partial charge in [0, 0.05) is 12.7 Å². The van der Waals surface area contributed by atoms with Gasteiger partial charge in [-0.25, -0.2) is 4.39 Å². The molecule has 2 aromatic carbocycles. The molecule has 1 amide bonds. The Bertz CT molecular complexity index is 1280. The number of rotatable bonds is 4. The fourth-order valence-electron chi connectivity index (χ4n) is 2.90. The highest BCUT2D eigenvalue weighted by Crippen LogP contribution is 2.21. The molecule has 0 saturated heterocycles. The van der Waals surface area contributed by atoms with Gasteiger partial charge in [-0.3, -0.25) is 18.6 Å². The number of hydrogen-bond donors (Lipinski definition) is 1. The Hall–Kier alpha value is -3.20. The lowest BCUT2D eigenvalue weighted by Gasteiger charge is -2.08. The van der Waals surface area contributed by atoms with Gasteiger partial charge in [0.05, 0.1) is 16.7 Å². The van der Waals surface area contributed by atoms with Crippen LogP contribution in [0.2, 0.25) is 0 Å². The smallest absolute Gasteiger partial charge is 0.262 e. The average Bonchev–Trinajstić information content (AvgIpc) is 3.12. The van der Waals surface area contributed by atoms with E-state index in [4.69, 9.17) is 0 Å². The standard InChI is InChI=1S/C19H16FN5O2S/c1-11-7-8-12(9-14(11)20)21-16(26)10-28-19-23-22-18-24(2)17(27)13-5-3-4-6-15(13)25(18)19/h3-9H,10H2,1-2H3,(H,21,26). The molecular formula is C19H16FN5O2S. The van der Waals surface area contributed by atoms with Crippen LogP contribution in [0.3, 0.4) is 0 Å². The lowest BCUT2D eigenvalue weighted by molar-refractivity contribution is -0.113. The lowest BCUT2D eigenvalue weighted by Crippen LogP contribution is -2.20. The van der Waals surface area contributed by atoms with Crippen LogP contribution in [0.25, 0.3) is 16.7 Å². The van der Waals surface area contributed by atoms with Gasteiger partial charge in [0.1, 0.15) is 5.82 Å². The van der Waals surface area contributed by atoms with Gasteiger partial charge < -0.3 is 5.32 Å². The topological polar surface area (TPSA) is 81.3 Å². The average molecular weight is 397 g/mol. The maximum Gasteiger partial charge on any atom is 0.262 e. The number of aromatic nitrogens is 4. The second-order valence-corrected chi connectivity index (χ2v) is 7.24. The molecule has 9 heteroatoms. The molecule has 0 aliphatic heterocycles. The van der Waals surface area contributed by atoms with Gasteiger partial charge >= 0.3 is 0 Å². The summed E-state index contributed by atoms with van der Waals surface area (Å²) in [5.41, 5.74) is 1.42. The quantitative estimate of drug-likeness (QED) is 0.536. The number of amides is 1. The van der Waals surface area contributed by atoms with Crippen LogP contribution in [0, 0.1) is 12.7 Å². The zero-order chi connectivity index (χ0) is 19.8. The van der Waals surface area contributed by atoms with Crippen molar-refractivity contribution in [1.82, 2.24) is 19.2 Å². The van der Waals surface area contributed by atoms with Crippen molar-refractivity contribution >= 4 is 40.0 Å². The second-order valence-electron chi connectivity index (χ2n) is 6.30. The Balaban J connectivity index is 1.61. The minimum Gasteiger partial charge on any atom is -0.325 e. The van der Waals surface area contributed by atoms with Gasteiger partial charge in [0.15, 0.2) is 5.16 Å². The van der Waals surface area contributed by atoms with Crippen molar-refractivity contribution in [3.8, 4) is 0 Å². The molecule has 0 atom stereocenters. The minimum atomic E-state index is -0.374. The molecule has 0 aliphatic rings. The Morgan fingerprint density at radius 3 is 2.79 bits per heavy atom. The number of carbonyl (C=O) groups is 1. The van der Waals surface area contributed by atoms with Crippen LogP contribution in [0.4, 0.5) is 10.1 Å². The molecule has 0 bridgehead atoms. The molecular weight excluding hydrogens is 381 g/mol. The molecule has 4 aromatic rings. The number of carbonyl (C=O) groups excluding carboxylic acids is 1. The zero-order valence-electron chi connectivity index (χ0n) is 15.1. The molecule has 28 heavy (non-hydrogen) atoms. The summed E-state index contributed by atoms with van der Waals surface area (Å²) in [7, 11) is 1.63. The monoisotopic (exact) mass is 397 g/mol. The maximum absolute atomic E-state index is 13.6. The van der Waals surface area contributed by atoms with Gasteiger partial charge in [-0.2, -0.15) is 0 Å². The molecule has 142 valence electrons. The summed E-state index contributed by atoms with van der Waals surface area (Å²) in [6, 6.07) is 11.7. The van der Waals surface area contributed by atoms with Gasteiger partial charge in [-0.1, -0.05) is 30.0 Å². The number of hydrogen-bond acceptors (Lipinski definition) is 5. The molecule has 0 aliphatic carbocycles. The number of nitrogens with zero attached hydrogens (tertiary/aromatic N) is 4. The Kier molecular flexibility index (Phi) is 4.60. The van der Waals surface area contributed by atoms with E-state index in [0.717, 1.165) is 0 Å². The van der Waals surface area contributed by atoms with Gasteiger partial charge in [0.25, 0.3) is 5.56 Å². The van der Waals surface area contributed by atoms with E-state index in [1.54, 1.807) is 42.6 Å². The summed E-state index contributed by atoms with van der Waals surface area (Å²) < 4.78 is 16.8. The van der Waals surface area contributed by atoms with Crippen molar-refractivity contribution < 1.29 is 9.18 Å². The van der Waals surface area contributed by atoms with Gasteiger partial charge in [0.2, 0.25) is 11.7 Å². The van der Waals surface area contributed by atoms with Crippen molar-refractivity contribution in [3.05, 3.63) is 64.2 Å². The van der Waals surface area contributed by atoms with E-state index in [1.165, 1.54) is 22.4 Å². The largest absolute Gasteiger partial charge is 0.325 e. The summed E-state index contributed by atoms with van der Waals surface area (Å²) in [4.78, 5) is 24.7. The highest BCUT2D eigenvalue weighted by molar-refractivity contribution is 7.99. The number of aryl methyl sites for hydroxylation is 2. The molecule has 1 N–H and O–H groups in total. The number of para-hydroxylation sites is 1. The minimum absolute atomic E-state index is 0.0630. The molecule has 0 spiro atoms. The van der Waals surface area contributed by atoms with Crippen molar-refractivity contribution in [2.45, 2.75) is 12.1 Å². The third-order valence-corrected chi connectivity index (χ3v) is 5.31. The number of anilines is 1. The van der Waals surface area contributed by atoms with Crippen molar-refractivity contribution in [2.75, 3.05) is 11.1 Å². The van der Waals surface area contributed by atoms with Crippen molar-refractivity contribution in [3.63, 3.8) is 0 Å². The first-order valence-corrected chi connectivity index (χ1v) is 9.46. The summed E-state index contributed by atoms with van der Waals surface area (Å²) in [6.45, 7) is 1.66.